The zero-order valence-corrected chi connectivity index (χ0v) is 14.7. The molecule has 2 heterocycles. The van der Waals surface area contributed by atoms with Crippen molar-refractivity contribution in [2.45, 2.75) is 18.8 Å². The fraction of sp³-hybridized carbons (Fsp3) is 0.263. The zero-order valence-electron chi connectivity index (χ0n) is 13.1. The lowest BCUT2D eigenvalue weighted by atomic mass is 9.97. The highest BCUT2D eigenvalue weighted by atomic mass is 79.9. The first kappa shape index (κ1) is 15.4. The number of halogens is 1. The van der Waals surface area contributed by atoms with Gasteiger partial charge in [-0.2, -0.15) is 0 Å². The standard InChI is InChI=1S/C19H17BrN2O2/c20-15-9-7-13(8-10-15)19(23)22-11-3-4-14(12-22)18-21-16-5-1-2-6-17(16)24-18/h1-2,5-10,14H,3-4,11-12H2. The second-order valence-corrected chi connectivity index (χ2v) is 7.03. The number of rotatable bonds is 2. The van der Waals surface area contributed by atoms with Gasteiger partial charge in [-0.05, 0) is 49.2 Å². The van der Waals surface area contributed by atoms with Crippen LogP contribution in [0.2, 0.25) is 0 Å². The molecular weight excluding hydrogens is 368 g/mol. The van der Waals surface area contributed by atoms with E-state index in [1.165, 1.54) is 0 Å². The number of para-hydroxylation sites is 2. The number of fused-ring (bicyclic) bond motifs is 1. The summed E-state index contributed by atoms with van der Waals surface area (Å²) in [6.45, 7) is 1.44. The third-order valence-electron chi connectivity index (χ3n) is 4.46. The van der Waals surface area contributed by atoms with Gasteiger partial charge in [0.25, 0.3) is 5.91 Å². The van der Waals surface area contributed by atoms with Gasteiger partial charge in [-0.3, -0.25) is 4.79 Å². The van der Waals surface area contributed by atoms with Crippen LogP contribution in [0.5, 0.6) is 0 Å². The molecule has 0 bridgehead atoms. The van der Waals surface area contributed by atoms with E-state index in [4.69, 9.17) is 4.42 Å². The lowest BCUT2D eigenvalue weighted by molar-refractivity contribution is 0.0699. The summed E-state index contributed by atoms with van der Waals surface area (Å²) in [4.78, 5) is 19.2. The number of likely N-dealkylation sites (tertiary alicyclic amines) is 1. The van der Waals surface area contributed by atoms with Gasteiger partial charge in [0.2, 0.25) is 0 Å². The van der Waals surface area contributed by atoms with Crippen LogP contribution in [0.3, 0.4) is 0 Å². The largest absolute Gasteiger partial charge is 0.440 e. The maximum atomic E-state index is 12.7. The smallest absolute Gasteiger partial charge is 0.253 e. The molecule has 1 saturated heterocycles. The molecule has 1 amide bonds. The number of nitrogens with zero attached hydrogens (tertiary/aromatic N) is 2. The summed E-state index contributed by atoms with van der Waals surface area (Å²) in [6, 6.07) is 15.3. The summed E-state index contributed by atoms with van der Waals surface area (Å²) in [7, 11) is 0. The summed E-state index contributed by atoms with van der Waals surface area (Å²) in [5.74, 6) is 0.971. The van der Waals surface area contributed by atoms with Gasteiger partial charge in [0.1, 0.15) is 5.52 Å². The Morgan fingerprint density at radius 2 is 1.96 bits per heavy atom. The Kier molecular flexibility index (Phi) is 4.10. The monoisotopic (exact) mass is 384 g/mol. The molecule has 0 saturated carbocycles. The van der Waals surface area contributed by atoms with Crippen LogP contribution >= 0.6 is 15.9 Å². The van der Waals surface area contributed by atoms with Gasteiger partial charge in [-0.1, -0.05) is 28.1 Å². The second kappa shape index (κ2) is 6.40. The average molecular weight is 385 g/mol. The lowest BCUT2D eigenvalue weighted by Crippen LogP contribution is -2.39. The molecule has 1 atom stereocenters. The van der Waals surface area contributed by atoms with Crippen molar-refractivity contribution in [1.29, 1.82) is 0 Å². The minimum absolute atomic E-state index is 0.0725. The Morgan fingerprint density at radius 1 is 1.17 bits per heavy atom. The van der Waals surface area contributed by atoms with E-state index >= 15 is 0 Å². The van der Waals surface area contributed by atoms with Crippen molar-refractivity contribution in [1.82, 2.24) is 9.88 Å². The third kappa shape index (κ3) is 2.96. The second-order valence-electron chi connectivity index (χ2n) is 6.12. The quantitative estimate of drug-likeness (QED) is 0.647. The first-order chi connectivity index (χ1) is 11.7. The molecule has 1 aliphatic rings. The van der Waals surface area contributed by atoms with E-state index in [-0.39, 0.29) is 11.8 Å². The Labute approximate surface area is 148 Å². The van der Waals surface area contributed by atoms with Crippen LogP contribution < -0.4 is 0 Å². The Hall–Kier alpha value is -2.14. The molecule has 5 heteroatoms. The molecule has 0 N–H and O–H groups in total. The molecule has 2 aromatic carbocycles. The summed E-state index contributed by atoms with van der Waals surface area (Å²) >= 11 is 3.40. The van der Waals surface area contributed by atoms with Crippen molar-refractivity contribution in [2.24, 2.45) is 0 Å². The van der Waals surface area contributed by atoms with Crippen LogP contribution in [-0.2, 0) is 0 Å². The first-order valence-corrected chi connectivity index (χ1v) is 8.90. The van der Waals surface area contributed by atoms with E-state index in [0.717, 1.165) is 46.4 Å². The Morgan fingerprint density at radius 3 is 2.75 bits per heavy atom. The van der Waals surface area contributed by atoms with Crippen LogP contribution in [0, 0.1) is 0 Å². The number of aromatic nitrogens is 1. The van der Waals surface area contributed by atoms with Gasteiger partial charge < -0.3 is 9.32 Å². The number of piperidine rings is 1. The van der Waals surface area contributed by atoms with Crippen molar-refractivity contribution in [3.8, 4) is 0 Å². The summed E-state index contributed by atoms with van der Waals surface area (Å²) < 4.78 is 6.88. The van der Waals surface area contributed by atoms with Crippen molar-refractivity contribution in [3.63, 3.8) is 0 Å². The summed E-state index contributed by atoms with van der Waals surface area (Å²) in [6.07, 6.45) is 1.96. The molecular formula is C19H17BrN2O2. The Bertz CT molecular complexity index is 839. The Balaban J connectivity index is 1.54. The molecule has 1 aliphatic heterocycles. The molecule has 0 spiro atoms. The number of oxazole rings is 1. The first-order valence-electron chi connectivity index (χ1n) is 8.11. The third-order valence-corrected chi connectivity index (χ3v) is 4.99. The number of carbonyl (C=O) groups is 1. The fourth-order valence-corrected chi connectivity index (χ4v) is 3.47. The molecule has 0 aliphatic carbocycles. The van der Waals surface area contributed by atoms with E-state index in [1.54, 1.807) is 0 Å². The number of hydrogen-bond donors (Lipinski definition) is 0. The van der Waals surface area contributed by atoms with E-state index < -0.39 is 0 Å². The van der Waals surface area contributed by atoms with Crippen molar-refractivity contribution >= 4 is 32.9 Å². The zero-order chi connectivity index (χ0) is 16.5. The SMILES string of the molecule is O=C(c1ccc(Br)cc1)N1CCCC(c2nc3ccccc3o2)C1. The molecule has 1 aromatic heterocycles. The van der Waals surface area contributed by atoms with Crippen molar-refractivity contribution in [3.05, 3.63) is 64.5 Å². The van der Waals surface area contributed by atoms with Crippen LogP contribution in [0.1, 0.15) is 35.0 Å². The molecule has 0 radical (unpaired) electrons. The van der Waals surface area contributed by atoms with E-state index in [9.17, 15) is 4.79 Å². The molecule has 4 nitrogen and oxygen atoms in total. The van der Waals surface area contributed by atoms with Crippen LogP contribution in [0.25, 0.3) is 11.1 Å². The molecule has 3 aromatic rings. The highest BCUT2D eigenvalue weighted by Crippen LogP contribution is 2.29. The number of hydrogen-bond acceptors (Lipinski definition) is 3. The normalized spacial score (nSPS) is 18.0. The van der Waals surface area contributed by atoms with Gasteiger partial charge in [0.15, 0.2) is 11.5 Å². The minimum atomic E-state index is 0.0725. The van der Waals surface area contributed by atoms with E-state index in [1.807, 2.05) is 53.4 Å². The fourth-order valence-electron chi connectivity index (χ4n) is 3.20. The van der Waals surface area contributed by atoms with Crippen molar-refractivity contribution in [2.75, 3.05) is 13.1 Å². The highest BCUT2D eigenvalue weighted by Gasteiger charge is 2.28. The lowest BCUT2D eigenvalue weighted by Gasteiger charge is -2.31. The molecule has 24 heavy (non-hydrogen) atoms. The summed E-state index contributed by atoms with van der Waals surface area (Å²) in [5, 5.41) is 0. The number of carbonyl (C=O) groups excluding carboxylic acids is 1. The minimum Gasteiger partial charge on any atom is -0.440 e. The summed E-state index contributed by atoms with van der Waals surface area (Å²) in [5.41, 5.74) is 2.41. The maximum absolute atomic E-state index is 12.7. The van der Waals surface area contributed by atoms with Gasteiger partial charge in [-0.25, -0.2) is 4.98 Å². The highest BCUT2D eigenvalue weighted by molar-refractivity contribution is 9.10. The van der Waals surface area contributed by atoms with Crippen molar-refractivity contribution < 1.29 is 9.21 Å². The van der Waals surface area contributed by atoms with Gasteiger partial charge in [0.05, 0.1) is 5.92 Å². The predicted molar refractivity (Wildman–Crippen MR) is 96.0 cm³/mol. The predicted octanol–water partition coefficient (Wildman–Crippen LogP) is 4.61. The molecule has 122 valence electrons. The van der Waals surface area contributed by atoms with Gasteiger partial charge in [-0.15, -0.1) is 0 Å². The van der Waals surface area contributed by atoms with Crippen LogP contribution in [0.15, 0.2) is 57.4 Å². The molecule has 4 rings (SSSR count). The van der Waals surface area contributed by atoms with Gasteiger partial charge in [0, 0.05) is 23.1 Å². The average Bonchev–Trinajstić information content (AvgIpc) is 3.06. The maximum Gasteiger partial charge on any atom is 0.253 e. The topological polar surface area (TPSA) is 46.3 Å². The number of amides is 1. The molecule has 1 unspecified atom stereocenters. The number of benzene rings is 2. The van der Waals surface area contributed by atoms with E-state index in [2.05, 4.69) is 20.9 Å². The van der Waals surface area contributed by atoms with Crippen LogP contribution in [0.4, 0.5) is 0 Å². The molecule has 1 fully saturated rings. The van der Waals surface area contributed by atoms with Gasteiger partial charge >= 0.3 is 0 Å². The van der Waals surface area contributed by atoms with E-state index in [0.29, 0.717) is 6.54 Å². The van der Waals surface area contributed by atoms with Crippen LogP contribution in [-0.4, -0.2) is 28.9 Å².